The molecule has 3 aromatic rings. The summed E-state index contributed by atoms with van der Waals surface area (Å²) >= 11 is 0. The van der Waals surface area contributed by atoms with E-state index >= 15 is 0 Å². The van der Waals surface area contributed by atoms with E-state index in [9.17, 15) is 0 Å². The van der Waals surface area contributed by atoms with E-state index < -0.39 is 0 Å². The highest BCUT2D eigenvalue weighted by Crippen LogP contribution is 2.36. The van der Waals surface area contributed by atoms with Gasteiger partial charge in [0.1, 0.15) is 0 Å². The van der Waals surface area contributed by atoms with Crippen molar-refractivity contribution < 1.29 is 0 Å². The fourth-order valence-electron chi connectivity index (χ4n) is 2.59. The second-order valence-corrected chi connectivity index (χ2v) is 5.07. The van der Waals surface area contributed by atoms with Crippen molar-refractivity contribution in [2.24, 2.45) is 0 Å². The van der Waals surface area contributed by atoms with Crippen LogP contribution in [0.2, 0.25) is 0 Å². The number of para-hydroxylation sites is 3. The van der Waals surface area contributed by atoms with E-state index in [0.29, 0.717) is 0 Å². The van der Waals surface area contributed by atoms with Gasteiger partial charge in [0.2, 0.25) is 0 Å². The molecule has 0 saturated carbocycles. The second kappa shape index (κ2) is 6.77. The SMILES string of the molecule is C/C=C\c1ccccc1N(c1ccccc1)c1ccccc1. The predicted octanol–water partition coefficient (Wildman–Crippen LogP) is 6.19. The summed E-state index contributed by atoms with van der Waals surface area (Å²) in [4.78, 5) is 2.29. The van der Waals surface area contributed by atoms with Crippen molar-refractivity contribution in [1.82, 2.24) is 0 Å². The van der Waals surface area contributed by atoms with Crippen molar-refractivity contribution >= 4 is 23.1 Å². The molecule has 0 unspecified atom stereocenters. The lowest BCUT2D eigenvalue weighted by Crippen LogP contribution is -2.10. The molecular weight excluding hydrogens is 266 g/mol. The molecule has 0 radical (unpaired) electrons. The van der Waals surface area contributed by atoms with Gasteiger partial charge in [0.15, 0.2) is 0 Å². The van der Waals surface area contributed by atoms with Crippen LogP contribution in [0.1, 0.15) is 12.5 Å². The maximum atomic E-state index is 2.29. The van der Waals surface area contributed by atoms with Crippen molar-refractivity contribution in [1.29, 1.82) is 0 Å². The van der Waals surface area contributed by atoms with Crippen molar-refractivity contribution in [3.05, 3.63) is 96.6 Å². The van der Waals surface area contributed by atoms with Crippen LogP contribution in [0.4, 0.5) is 17.1 Å². The molecule has 0 fully saturated rings. The lowest BCUT2D eigenvalue weighted by molar-refractivity contribution is 1.28. The summed E-state index contributed by atoms with van der Waals surface area (Å²) in [5.41, 5.74) is 4.70. The molecule has 3 rings (SSSR count). The van der Waals surface area contributed by atoms with Crippen LogP contribution in [0.15, 0.2) is 91.0 Å². The summed E-state index contributed by atoms with van der Waals surface area (Å²) < 4.78 is 0. The molecule has 0 N–H and O–H groups in total. The minimum absolute atomic E-state index is 1.16. The Hall–Kier alpha value is -2.80. The minimum atomic E-state index is 1.16. The minimum Gasteiger partial charge on any atom is -0.310 e. The van der Waals surface area contributed by atoms with Crippen LogP contribution in [0.5, 0.6) is 0 Å². The third-order valence-corrected chi connectivity index (χ3v) is 3.55. The Kier molecular flexibility index (Phi) is 4.35. The Morgan fingerprint density at radius 2 is 1.14 bits per heavy atom. The molecule has 0 saturated heterocycles. The monoisotopic (exact) mass is 285 g/mol. The highest BCUT2D eigenvalue weighted by Gasteiger charge is 2.13. The highest BCUT2D eigenvalue weighted by molar-refractivity contribution is 5.82. The molecule has 0 amide bonds. The van der Waals surface area contributed by atoms with Crippen LogP contribution < -0.4 is 4.90 Å². The first-order chi connectivity index (χ1) is 10.9. The summed E-state index contributed by atoms with van der Waals surface area (Å²) in [6.45, 7) is 2.05. The van der Waals surface area contributed by atoms with Gasteiger partial charge in [0, 0.05) is 11.4 Å². The summed E-state index contributed by atoms with van der Waals surface area (Å²) in [7, 11) is 0. The average molecular weight is 285 g/mol. The molecule has 0 heterocycles. The zero-order valence-electron chi connectivity index (χ0n) is 12.7. The summed E-state index contributed by atoms with van der Waals surface area (Å²) in [5, 5.41) is 0. The lowest BCUT2D eigenvalue weighted by atomic mass is 10.1. The number of nitrogens with zero attached hydrogens (tertiary/aromatic N) is 1. The van der Waals surface area contributed by atoms with Crippen LogP contribution in [-0.2, 0) is 0 Å². The van der Waals surface area contributed by atoms with Crippen LogP contribution in [0.25, 0.3) is 6.08 Å². The number of allylic oxidation sites excluding steroid dienone is 1. The molecule has 0 atom stereocenters. The van der Waals surface area contributed by atoms with E-state index in [0.717, 1.165) is 11.4 Å². The van der Waals surface area contributed by atoms with Gasteiger partial charge in [0.05, 0.1) is 5.69 Å². The summed E-state index contributed by atoms with van der Waals surface area (Å²) in [6, 6.07) is 29.4. The Balaban J connectivity index is 2.19. The van der Waals surface area contributed by atoms with Crippen molar-refractivity contribution in [3.8, 4) is 0 Å². The molecule has 1 heteroatoms. The molecule has 108 valence electrons. The van der Waals surface area contributed by atoms with Gasteiger partial charge in [0.25, 0.3) is 0 Å². The molecule has 1 nitrogen and oxygen atoms in total. The topological polar surface area (TPSA) is 3.24 Å². The number of anilines is 3. The molecule has 3 aromatic carbocycles. The average Bonchev–Trinajstić information content (AvgIpc) is 2.59. The predicted molar refractivity (Wildman–Crippen MR) is 95.8 cm³/mol. The normalized spacial score (nSPS) is 10.8. The molecule has 0 aromatic heterocycles. The van der Waals surface area contributed by atoms with Crippen molar-refractivity contribution in [3.63, 3.8) is 0 Å². The van der Waals surface area contributed by atoms with Gasteiger partial charge in [-0.25, -0.2) is 0 Å². The summed E-state index contributed by atoms with van der Waals surface area (Å²) in [6.07, 6.45) is 4.22. The van der Waals surface area contributed by atoms with Crippen molar-refractivity contribution in [2.45, 2.75) is 6.92 Å². The fraction of sp³-hybridized carbons (Fsp3) is 0.0476. The van der Waals surface area contributed by atoms with Crippen LogP contribution in [0.3, 0.4) is 0 Å². The molecular formula is C21H19N. The van der Waals surface area contributed by atoms with E-state index in [4.69, 9.17) is 0 Å². The summed E-state index contributed by atoms with van der Waals surface area (Å²) in [5.74, 6) is 0. The Morgan fingerprint density at radius 1 is 0.636 bits per heavy atom. The van der Waals surface area contributed by atoms with E-state index in [1.165, 1.54) is 11.3 Å². The zero-order chi connectivity index (χ0) is 15.2. The Bertz CT molecular complexity index is 706. The van der Waals surface area contributed by atoms with Gasteiger partial charge in [-0.3, -0.25) is 0 Å². The van der Waals surface area contributed by atoms with Crippen LogP contribution in [0, 0.1) is 0 Å². The number of benzene rings is 3. The third-order valence-electron chi connectivity index (χ3n) is 3.55. The van der Waals surface area contributed by atoms with Crippen LogP contribution in [-0.4, -0.2) is 0 Å². The number of hydrogen-bond acceptors (Lipinski definition) is 1. The highest BCUT2D eigenvalue weighted by atomic mass is 15.1. The van der Waals surface area contributed by atoms with Gasteiger partial charge in [-0.15, -0.1) is 0 Å². The molecule has 0 aliphatic heterocycles. The Morgan fingerprint density at radius 3 is 1.68 bits per heavy atom. The smallest absolute Gasteiger partial charge is 0.0533 e. The van der Waals surface area contributed by atoms with Gasteiger partial charge in [-0.1, -0.05) is 66.7 Å². The quantitative estimate of drug-likeness (QED) is 0.552. The fourth-order valence-corrected chi connectivity index (χ4v) is 2.59. The van der Waals surface area contributed by atoms with E-state index in [1.54, 1.807) is 0 Å². The van der Waals surface area contributed by atoms with E-state index in [2.05, 4.69) is 89.8 Å². The van der Waals surface area contributed by atoms with E-state index in [-0.39, 0.29) is 0 Å². The number of rotatable bonds is 4. The van der Waals surface area contributed by atoms with Gasteiger partial charge in [-0.05, 0) is 42.8 Å². The third kappa shape index (κ3) is 2.94. The van der Waals surface area contributed by atoms with Gasteiger partial charge < -0.3 is 4.90 Å². The second-order valence-electron chi connectivity index (χ2n) is 5.07. The molecule has 0 bridgehead atoms. The molecule has 0 aliphatic carbocycles. The van der Waals surface area contributed by atoms with Crippen molar-refractivity contribution in [2.75, 3.05) is 4.90 Å². The van der Waals surface area contributed by atoms with Gasteiger partial charge >= 0.3 is 0 Å². The molecule has 0 spiro atoms. The lowest BCUT2D eigenvalue weighted by Gasteiger charge is -2.27. The maximum Gasteiger partial charge on any atom is 0.0533 e. The standard InChI is InChI=1S/C21H19N/c1-2-11-18-12-9-10-17-21(18)22(19-13-5-3-6-14-19)20-15-7-4-8-16-20/h2-17H,1H3/b11-2-. The Labute approximate surface area is 132 Å². The molecule has 0 aliphatic rings. The largest absolute Gasteiger partial charge is 0.310 e. The van der Waals surface area contributed by atoms with Crippen LogP contribution >= 0.6 is 0 Å². The zero-order valence-corrected chi connectivity index (χ0v) is 12.7. The maximum absolute atomic E-state index is 2.29. The number of hydrogen-bond donors (Lipinski definition) is 0. The first kappa shape index (κ1) is 14.2. The first-order valence-corrected chi connectivity index (χ1v) is 7.52. The first-order valence-electron chi connectivity index (χ1n) is 7.52. The van der Waals surface area contributed by atoms with E-state index in [1.807, 2.05) is 19.1 Å². The van der Waals surface area contributed by atoms with Gasteiger partial charge in [-0.2, -0.15) is 0 Å². The molecule has 22 heavy (non-hydrogen) atoms.